The summed E-state index contributed by atoms with van der Waals surface area (Å²) in [5.74, 6) is 0.582. The highest BCUT2D eigenvalue weighted by Crippen LogP contribution is 2.22. The Bertz CT molecular complexity index is 873. The summed E-state index contributed by atoms with van der Waals surface area (Å²) in [7, 11) is -1.50. The van der Waals surface area contributed by atoms with Gasteiger partial charge in [-0.15, -0.1) is 0 Å². The molecule has 1 N–H and O–H groups in total. The van der Waals surface area contributed by atoms with Crippen LogP contribution in [0.25, 0.3) is 0 Å². The molecule has 1 amide bonds. The van der Waals surface area contributed by atoms with Crippen molar-refractivity contribution in [2.45, 2.75) is 19.3 Å². The number of amides is 1. The van der Waals surface area contributed by atoms with Gasteiger partial charge in [-0.3, -0.25) is 9.69 Å². The van der Waals surface area contributed by atoms with Crippen LogP contribution in [0.5, 0.6) is 0 Å². The maximum absolute atomic E-state index is 12.4. The fourth-order valence-electron chi connectivity index (χ4n) is 3.63. The number of likely N-dealkylation sites (tertiary alicyclic amines) is 1. The maximum atomic E-state index is 12.4. The van der Waals surface area contributed by atoms with Crippen LogP contribution in [0, 0.1) is 5.92 Å². The van der Waals surface area contributed by atoms with E-state index in [0.717, 1.165) is 37.4 Å². The van der Waals surface area contributed by atoms with E-state index in [1.54, 1.807) is 24.3 Å². The van der Waals surface area contributed by atoms with Crippen molar-refractivity contribution in [2.24, 2.45) is 5.92 Å². The fourth-order valence-corrected chi connectivity index (χ4v) is 3.92. The molecule has 0 saturated carbocycles. The molecule has 0 unspecified atom stereocenters. The Hall–Kier alpha value is -2.42. The van der Waals surface area contributed by atoms with Gasteiger partial charge in [0, 0.05) is 12.7 Å². The lowest BCUT2D eigenvalue weighted by Gasteiger charge is -2.31. The number of hydroxylamine groups is 1. The second-order valence-electron chi connectivity index (χ2n) is 7.31. The van der Waals surface area contributed by atoms with Gasteiger partial charge >= 0.3 is 0 Å². The lowest BCUT2D eigenvalue weighted by Crippen LogP contribution is -2.39. The average Bonchev–Trinajstić information content (AvgIpc) is 2.70. The number of anilines is 2. The average molecular weight is 418 g/mol. The van der Waals surface area contributed by atoms with E-state index in [2.05, 4.69) is 38.8 Å². The molecular weight excluding hydrogens is 390 g/mol. The molecule has 0 aliphatic carbocycles. The maximum Gasteiger partial charge on any atom is 0.277 e. The predicted octanol–water partition coefficient (Wildman–Crippen LogP) is 2.47. The van der Waals surface area contributed by atoms with Crippen LogP contribution in [0.4, 0.5) is 11.4 Å². The Morgan fingerprint density at radius 3 is 2.55 bits per heavy atom. The van der Waals surface area contributed by atoms with E-state index in [9.17, 15) is 13.2 Å². The van der Waals surface area contributed by atoms with Gasteiger partial charge in [-0.1, -0.05) is 36.4 Å². The van der Waals surface area contributed by atoms with Crippen molar-refractivity contribution in [1.82, 2.24) is 4.90 Å². The lowest BCUT2D eigenvalue weighted by molar-refractivity contribution is -0.117. The highest BCUT2D eigenvalue weighted by atomic mass is 32.2. The SMILES string of the molecule is CN(O[SH](=O)=O)c1cccc(NC(=O)CN2CCC(Cc3ccccc3)CC2)c1. The first-order valence-corrected chi connectivity index (χ1v) is 10.8. The number of hydrogen-bond donors (Lipinski definition) is 2. The van der Waals surface area contributed by atoms with Crippen molar-refractivity contribution >= 4 is 28.3 Å². The van der Waals surface area contributed by atoms with E-state index >= 15 is 0 Å². The number of hydrogen-bond acceptors (Lipinski definition) is 6. The number of nitrogens with one attached hydrogen (secondary N) is 1. The number of nitrogens with zero attached hydrogens (tertiary/aromatic N) is 2. The molecule has 1 aliphatic rings. The summed E-state index contributed by atoms with van der Waals surface area (Å²) >= 11 is 0. The van der Waals surface area contributed by atoms with Crippen molar-refractivity contribution < 1.29 is 17.5 Å². The summed E-state index contributed by atoms with van der Waals surface area (Å²) in [6.45, 7) is 2.18. The highest BCUT2D eigenvalue weighted by molar-refractivity contribution is 7.67. The Labute approximate surface area is 173 Å². The van der Waals surface area contributed by atoms with Gasteiger partial charge in [0.2, 0.25) is 5.91 Å². The van der Waals surface area contributed by atoms with Gasteiger partial charge in [0.15, 0.2) is 0 Å². The summed E-state index contributed by atoms with van der Waals surface area (Å²) in [5.41, 5.74) is 2.51. The van der Waals surface area contributed by atoms with Crippen LogP contribution in [0.2, 0.25) is 0 Å². The lowest BCUT2D eigenvalue weighted by atomic mass is 9.90. The minimum Gasteiger partial charge on any atom is -0.325 e. The molecule has 0 bridgehead atoms. The zero-order valence-corrected chi connectivity index (χ0v) is 17.4. The monoisotopic (exact) mass is 417 g/mol. The number of thiol groups is 1. The van der Waals surface area contributed by atoms with Gasteiger partial charge < -0.3 is 5.32 Å². The third kappa shape index (κ3) is 6.85. The normalized spacial score (nSPS) is 15.4. The zero-order chi connectivity index (χ0) is 20.6. The smallest absolute Gasteiger partial charge is 0.277 e. The van der Waals surface area contributed by atoms with Crippen LogP contribution in [-0.4, -0.2) is 45.9 Å². The van der Waals surface area contributed by atoms with Crippen molar-refractivity contribution in [2.75, 3.05) is 37.1 Å². The molecular formula is C21H27N3O4S. The topological polar surface area (TPSA) is 79.0 Å². The molecule has 8 heteroatoms. The summed E-state index contributed by atoms with van der Waals surface area (Å²) in [6, 6.07) is 17.4. The molecule has 0 radical (unpaired) electrons. The molecule has 0 atom stereocenters. The number of piperidine rings is 1. The largest absolute Gasteiger partial charge is 0.325 e. The van der Waals surface area contributed by atoms with Crippen LogP contribution in [0.15, 0.2) is 54.6 Å². The number of rotatable bonds is 8. The summed E-state index contributed by atoms with van der Waals surface area (Å²) in [6.07, 6.45) is 3.28. The fraction of sp³-hybridized carbons (Fsp3) is 0.381. The van der Waals surface area contributed by atoms with Crippen molar-refractivity contribution in [1.29, 1.82) is 0 Å². The quantitative estimate of drug-likeness (QED) is 0.508. The summed E-state index contributed by atoms with van der Waals surface area (Å²) in [4.78, 5) is 14.6. The number of carbonyl (C=O) groups excluding carboxylic acids is 1. The van der Waals surface area contributed by atoms with Gasteiger partial charge in [0.05, 0.1) is 12.2 Å². The van der Waals surface area contributed by atoms with Crippen LogP contribution in [-0.2, 0) is 26.5 Å². The second-order valence-corrected chi connectivity index (χ2v) is 7.92. The molecule has 1 saturated heterocycles. The Morgan fingerprint density at radius 1 is 1.14 bits per heavy atom. The molecule has 1 heterocycles. The number of carbonyl (C=O) groups is 1. The van der Waals surface area contributed by atoms with Gasteiger partial charge in [-0.2, -0.15) is 4.28 Å². The van der Waals surface area contributed by atoms with E-state index in [1.165, 1.54) is 12.6 Å². The molecule has 1 aliphatic heterocycles. The molecule has 7 nitrogen and oxygen atoms in total. The molecule has 2 aromatic rings. The second kappa shape index (κ2) is 10.4. The van der Waals surface area contributed by atoms with Crippen molar-refractivity contribution in [3.63, 3.8) is 0 Å². The molecule has 156 valence electrons. The molecule has 1 fully saturated rings. The van der Waals surface area contributed by atoms with E-state index in [0.29, 0.717) is 23.8 Å². The first-order chi connectivity index (χ1) is 14.0. The Morgan fingerprint density at radius 2 is 1.86 bits per heavy atom. The van der Waals surface area contributed by atoms with Gasteiger partial charge in [-0.25, -0.2) is 13.5 Å². The summed E-state index contributed by atoms with van der Waals surface area (Å²) in [5, 5.41) is 4.01. The third-order valence-electron chi connectivity index (χ3n) is 5.12. The molecule has 2 aromatic carbocycles. The van der Waals surface area contributed by atoms with Gasteiger partial charge in [0.1, 0.15) is 0 Å². The van der Waals surface area contributed by atoms with Crippen LogP contribution in [0.3, 0.4) is 0 Å². The highest BCUT2D eigenvalue weighted by Gasteiger charge is 2.21. The van der Waals surface area contributed by atoms with Gasteiger partial charge in [0.25, 0.3) is 11.0 Å². The van der Waals surface area contributed by atoms with E-state index < -0.39 is 11.0 Å². The van der Waals surface area contributed by atoms with E-state index in [1.807, 2.05) is 6.07 Å². The van der Waals surface area contributed by atoms with E-state index in [-0.39, 0.29) is 5.91 Å². The van der Waals surface area contributed by atoms with Crippen LogP contribution >= 0.6 is 0 Å². The summed E-state index contributed by atoms with van der Waals surface area (Å²) < 4.78 is 26.0. The minimum absolute atomic E-state index is 0.0814. The third-order valence-corrected chi connectivity index (χ3v) is 5.50. The molecule has 0 spiro atoms. The Balaban J connectivity index is 1.45. The van der Waals surface area contributed by atoms with Crippen molar-refractivity contribution in [3.8, 4) is 0 Å². The van der Waals surface area contributed by atoms with E-state index in [4.69, 9.17) is 0 Å². The van der Waals surface area contributed by atoms with Crippen molar-refractivity contribution in [3.05, 3.63) is 60.2 Å². The first kappa shape index (κ1) is 21.3. The Kier molecular flexibility index (Phi) is 7.62. The first-order valence-electron chi connectivity index (χ1n) is 9.72. The molecule has 29 heavy (non-hydrogen) atoms. The molecule has 3 rings (SSSR count). The minimum atomic E-state index is -2.99. The van der Waals surface area contributed by atoms with Crippen LogP contribution in [0.1, 0.15) is 18.4 Å². The number of benzene rings is 2. The predicted molar refractivity (Wildman–Crippen MR) is 114 cm³/mol. The zero-order valence-electron chi connectivity index (χ0n) is 16.5. The molecule has 0 aromatic heterocycles. The van der Waals surface area contributed by atoms with Crippen LogP contribution < -0.4 is 10.4 Å². The van der Waals surface area contributed by atoms with Gasteiger partial charge in [-0.05, 0) is 62.0 Å². The standard InChI is InChI=1S/C21H27N3O4S/c1-23(28-29(26)27)20-9-5-8-19(15-20)22-21(25)16-24-12-10-18(11-13-24)14-17-6-3-2-4-7-17/h2-9,15,18,29H,10-14,16H2,1H3,(H,22,25).